The maximum atomic E-state index is 13.7. The van der Waals surface area contributed by atoms with E-state index in [1.165, 1.54) is 4.90 Å². The molecule has 8 amide bonds. The summed E-state index contributed by atoms with van der Waals surface area (Å²) in [5, 5.41) is 58.5. The van der Waals surface area contributed by atoms with Gasteiger partial charge in [-0.05, 0) is 63.7 Å². The van der Waals surface area contributed by atoms with Crippen molar-refractivity contribution in [2.24, 2.45) is 5.92 Å². The Kier molecular flexibility index (Phi) is 20.5. The summed E-state index contributed by atoms with van der Waals surface area (Å²) >= 11 is 0. The van der Waals surface area contributed by atoms with Gasteiger partial charge < -0.3 is 87.0 Å². The van der Waals surface area contributed by atoms with Gasteiger partial charge in [-0.3, -0.25) is 38.4 Å². The van der Waals surface area contributed by atoms with E-state index in [2.05, 4.69) is 37.6 Å². The molecule has 340 valence electrons. The first-order valence-electron chi connectivity index (χ1n) is 19.6. The molecule has 0 aromatic heterocycles. The number of rotatable bonds is 25. The van der Waals surface area contributed by atoms with Gasteiger partial charge in [0.05, 0.1) is 19.1 Å². The Balaban J connectivity index is 2.26. The van der Waals surface area contributed by atoms with Gasteiger partial charge in [0.2, 0.25) is 41.4 Å². The molecule has 0 aromatic carbocycles. The molecule has 0 aromatic rings. The lowest BCUT2D eigenvalue weighted by Crippen LogP contribution is -2.60. The first-order chi connectivity index (χ1) is 28.6. The van der Waals surface area contributed by atoms with E-state index >= 15 is 0 Å². The predicted octanol–water partition coefficient (Wildman–Crippen LogP) is -10.6. The SMILES string of the molecule is CC(C)C[C@H](NC(=O)[C@H](CC(=O)[O-])NC(=O)[C@H](CCC(=O)[O-])NC(=O)[C@H](CCC(=O)[O-])NC(=O)CNC(=O)[C@@H]1CCCN1C(=O)C[NH3+])C(=O)N1CCC[C@H]1C(=O)NCC(=O)[O-]. The zero-order valence-corrected chi connectivity index (χ0v) is 33.8. The van der Waals surface area contributed by atoms with Crippen LogP contribution in [0.3, 0.4) is 0 Å². The average molecular weight is 867 g/mol. The van der Waals surface area contributed by atoms with Gasteiger partial charge in [-0.2, -0.15) is 0 Å². The Hall–Kier alpha value is -6.40. The topological polar surface area (TPSA) is 403 Å². The van der Waals surface area contributed by atoms with Crippen LogP contribution in [0, 0.1) is 5.92 Å². The first kappa shape index (κ1) is 50.7. The van der Waals surface area contributed by atoms with Gasteiger partial charge in [-0.25, -0.2) is 0 Å². The van der Waals surface area contributed by atoms with Gasteiger partial charge >= 0.3 is 0 Å². The minimum Gasteiger partial charge on any atom is -0.550 e. The predicted molar refractivity (Wildman–Crippen MR) is 194 cm³/mol. The van der Waals surface area contributed by atoms with Crippen LogP contribution >= 0.6 is 0 Å². The van der Waals surface area contributed by atoms with E-state index < -0.39 is 147 Å². The highest BCUT2D eigenvalue weighted by molar-refractivity contribution is 5.98. The van der Waals surface area contributed by atoms with Crippen LogP contribution in [-0.2, 0) is 57.5 Å². The molecule has 25 heteroatoms. The lowest BCUT2D eigenvalue weighted by molar-refractivity contribution is -0.357. The van der Waals surface area contributed by atoms with Gasteiger partial charge in [-0.15, -0.1) is 0 Å². The number of nitrogens with one attached hydrogen (secondary N) is 6. The maximum Gasteiger partial charge on any atom is 0.278 e. The summed E-state index contributed by atoms with van der Waals surface area (Å²) in [6.45, 7) is 2.04. The number of aliphatic carboxylic acids is 4. The standard InChI is InChI=1S/C36H55N9O16/c1-18(2)13-22(36(61)45-12-4-6-24(45)35(60)39-17-30(54)55)43-33(58)21(14-29(52)53)42-32(57)20(8-10-28(50)51)41-31(56)19(7-9-27(48)49)40-25(46)16-38-34(59)23-5-3-11-44(23)26(47)15-37/h18-24H,3-17,37H2,1-2H3,(H,38,59)(H,39,60)(H,40,46)(H,41,56)(H,42,57)(H,43,58)(H,48,49)(H,50,51)(H,52,53)(H,54,55)/p-3/t19-,20-,21-,22-,23-,24-/m0/s1. The summed E-state index contributed by atoms with van der Waals surface area (Å²) in [5.74, 6) is -14.5. The maximum absolute atomic E-state index is 13.7. The monoisotopic (exact) mass is 866 g/mol. The minimum absolute atomic E-state index is 0.0449. The third kappa shape index (κ3) is 17.0. The lowest BCUT2D eigenvalue weighted by atomic mass is 10.0. The van der Waals surface area contributed by atoms with E-state index in [0.717, 1.165) is 4.90 Å². The smallest absolute Gasteiger partial charge is 0.278 e. The number of nitrogens with zero attached hydrogens (tertiary/aromatic N) is 2. The van der Waals surface area contributed by atoms with Crippen LogP contribution in [-0.4, -0.2) is 150 Å². The number of carboxylic acid groups (broad SMARTS) is 4. The second-order valence-corrected chi connectivity index (χ2v) is 14.8. The molecule has 2 rings (SSSR count). The van der Waals surface area contributed by atoms with Gasteiger partial charge in [0, 0.05) is 37.4 Å². The van der Waals surface area contributed by atoms with E-state index in [1.54, 1.807) is 13.8 Å². The van der Waals surface area contributed by atoms with Crippen LogP contribution in [0.2, 0.25) is 0 Å². The molecule has 0 radical (unpaired) electrons. The molecule has 0 saturated carbocycles. The molecular formula is C36H52N9O16-3. The van der Waals surface area contributed by atoms with Crippen molar-refractivity contribution in [3.63, 3.8) is 0 Å². The molecule has 61 heavy (non-hydrogen) atoms. The lowest BCUT2D eigenvalue weighted by Gasteiger charge is -2.31. The molecule has 0 aliphatic carbocycles. The van der Waals surface area contributed by atoms with Gasteiger partial charge in [-0.1, -0.05) is 13.8 Å². The van der Waals surface area contributed by atoms with Crippen LogP contribution in [0.25, 0.3) is 0 Å². The number of likely N-dealkylation sites (tertiary alicyclic amines) is 2. The molecular weight excluding hydrogens is 814 g/mol. The van der Waals surface area contributed by atoms with E-state index in [4.69, 9.17) is 0 Å². The second kappa shape index (κ2) is 24.6. The molecule has 0 spiro atoms. The van der Waals surface area contributed by atoms with E-state index in [0.29, 0.717) is 25.8 Å². The molecule has 2 aliphatic heterocycles. The molecule has 2 saturated heterocycles. The summed E-state index contributed by atoms with van der Waals surface area (Å²) in [6.07, 6.45) is -2.98. The summed E-state index contributed by atoms with van der Waals surface area (Å²) < 4.78 is 0. The largest absolute Gasteiger partial charge is 0.550 e. The average Bonchev–Trinajstić information content (AvgIpc) is 3.88. The highest BCUT2D eigenvalue weighted by atomic mass is 16.4. The minimum atomic E-state index is -2.01. The Morgan fingerprint density at radius 3 is 1.54 bits per heavy atom. The van der Waals surface area contributed by atoms with Crippen molar-refractivity contribution in [2.45, 2.75) is 114 Å². The molecule has 9 N–H and O–H groups in total. The van der Waals surface area contributed by atoms with Crippen molar-refractivity contribution in [3.05, 3.63) is 0 Å². The van der Waals surface area contributed by atoms with Crippen molar-refractivity contribution in [2.75, 3.05) is 32.7 Å². The third-order valence-corrected chi connectivity index (χ3v) is 9.64. The van der Waals surface area contributed by atoms with Gasteiger partial charge in [0.25, 0.3) is 5.91 Å². The Bertz CT molecular complexity index is 1690. The van der Waals surface area contributed by atoms with Gasteiger partial charge in [0.15, 0.2) is 6.54 Å². The van der Waals surface area contributed by atoms with Crippen molar-refractivity contribution in [3.8, 4) is 0 Å². The summed E-state index contributed by atoms with van der Waals surface area (Å²) in [6, 6.07) is -9.03. The highest BCUT2D eigenvalue weighted by Gasteiger charge is 2.39. The number of carbonyl (C=O) groups is 12. The Labute approximate surface area is 349 Å². The fourth-order valence-electron chi connectivity index (χ4n) is 6.74. The zero-order valence-electron chi connectivity index (χ0n) is 33.8. The Morgan fingerprint density at radius 1 is 0.590 bits per heavy atom. The Morgan fingerprint density at radius 2 is 1.05 bits per heavy atom. The number of amides is 8. The van der Waals surface area contributed by atoms with Crippen molar-refractivity contribution in [1.29, 1.82) is 0 Å². The number of quaternary nitrogens is 1. The van der Waals surface area contributed by atoms with Crippen LogP contribution in [0.1, 0.15) is 78.1 Å². The van der Waals surface area contributed by atoms with E-state index in [9.17, 15) is 78.0 Å². The summed E-state index contributed by atoms with van der Waals surface area (Å²) in [4.78, 5) is 152. The number of carbonyl (C=O) groups excluding carboxylic acids is 12. The fourth-order valence-corrected chi connectivity index (χ4v) is 6.74. The second-order valence-electron chi connectivity index (χ2n) is 14.8. The normalized spacial score (nSPS) is 17.8. The number of hydrogen-bond donors (Lipinski definition) is 7. The molecule has 6 atom stereocenters. The third-order valence-electron chi connectivity index (χ3n) is 9.64. The number of carboxylic acids is 4. The highest BCUT2D eigenvalue weighted by Crippen LogP contribution is 2.21. The van der Waals surface area contributed by atoms with Crippen LogP contribution in [0.5, 0.6) is 0 Å². The van der Waals surface area contributed by atoms with Crippen LogP contribution in [0.15, 0.2) is 0 Å². The van der Waals surface area contributed by atoms with Crippen molar-refractivity contribution < 1.29 is 83.7 Å². The molecule has 2 fully saturated rings. The number of hydrogen-bond acceptors (Lipinski definition) is 16. The van der Waals surface area contributed by atoms with E-state index in [1.807, 2.05) is 0 Å². The summed E-state index contributed by atoms with van der Waals surface area (Å²) in [5.41, 5.74) is 3.50. The van der Waals surface area contributed by atoms with Crippen LogP contribution in [0.4, 0.5) is 0 Å². The summed E-state index contributed by atoms with van der Waals surface area (Å²) in [7, 11) is 0. The molecule has 25 nitrogen and oxygen atoms in total. The molecule has 2 aliphatic rings. The zero-order chi connectivity index (χ0) is 46.0. The van der Waals surface area contributed by atoms with Gasteiger partial charge in [0.1, 0.15) is 36.3 Å². The fraction of sp³-hybridized carbons (Fsp3) is 0.667. The molecule has 2 heterocycles. The van der Waals surface area contributed by atoms with Crippen molar-refractivity contribution in [1.82, 2.24) is 41.7 Å². The first-order valence-corrected chi connectivity index (χ1v) is 19.6. The molecule has 0 bridgehead atoms. The quantitative estimate of drug-likeness (QED) is 0.0448. The van der Waals surface area contributed by atoms with Crippen LogP contribution < -0.4 is 58.1 Å². The molecule has 0 unspecified atom stereocenters. The van der Waals surface area contributed by atoms with E-state index in [-0.39, 0.29) is 37.8 Å². The van der Waals surface area contributed by atoms with Crippen molar-refractivity contribution >= 4 is 71.1 Å².